The first kappa shape index (κ1) is 18.3. The van der Waals surface area contributed by atoms with Gasteiger partial charge in [-0.2, -0.15) is 10.8 Å². The van der Waals surface area contributed by atoms with E-state index >= 15 is 0 Å². The van der Waals surface area contributed by atoms with Crippen LogP contribution in [-0.4, -0.2) is 22.4 Å². The van der Waals surface area contributed by atoms with Gasteiger partial charge in [-0.15, -0.1) is 9.47 Å². The Balaban J connectivity index is 2.93. The number of aliphatic imine (C=N–C) groups is 1. The Hall–Kier alpha value is -1.75. The summed E-state index contributed by atoms with van der Waals surface area (Å²) < 4.78 is 11.0. The fourth-order valence-corrected chi connectivity index (χ4v) is 1.81. The van der Waals surface area contributed by atoms with Crippen molar-refractivity contribution in [1.82, 2.24) is 16.2 Å². The number of amides is 1. The largest absolute Gasteiger partial charge is 0.331 e. The number of carbonyl (C=O) groups is 1. The van der Waals surface area contributed by atoms with Gasteiger partial charge in [-0.1, -0.05) is 40.9 Å². The molecule has 0 aliphatic heterocycles. The molecule has 22 heavy (non-hydrogen) atoms. The van der Waals surface area contributed by atoms with Gasteiger partial charge in [0, 0.05) is 10.6 Å². The lowest BCUT2D eigenvalue weighted by Crippen LogP contribution is -2.57. The minimum atomic E-state index is -1.53. The van der Waals surface area contributed by atoms with Crippen LogP contribution >= 0.6 is 34.8 Å². The molecule has 1 rings (SSSR count). The summed E-state index contributed by atoms with van der Waals surface area (Å²) in [5.41, 5.74) is 1.41. The Morgan fingerprint density at radius 3 is 2.64 bits per heavy atom. The van der Waals surface area contributed by atoms with Gasteiger partial charge < -0.3 is 10.6 Å². The van der Waals surface area contributed by atoms with Crippen LogP contribution in [0.2, 0.25) is 5.02 Å². The molecule has 1 atom stereocenters. The zero-order valence-electron chi connectivity index (χ0n) is 11.2. The molecule has 0 aliphatic carbocycles. The molecule has 1 amide bonds. The molecule has 3 N–H and O–H groups in total. The van der Waals surface area contributed by atoms with Gasteiger partial charge in [0.2, 0.25) is 12.2 Å². The zero-order chi connectivity index (χ0) is 16.8. The first-order chi connectivity index (χ1) is 10.3. The van der Waals surface area contributed by atoms with E-state index in [1.807, 2.05) is 0 Å². The molecular weight excluding hydrogens is 356 g/mol. The summed E-state index contributed by atoms with van der Waals surface area (Å²) in [6.07, 6.45) is 0.234. The van der Waals surface area contributed by atoms with Crippen molar-refractivity contribution in [2.45, 2.75) is 17.4 Å². The fraction of sp³-hybridized carbons (Fsp3) is 0.250. The van der Waals surface area contributed by atoms with E-state index in [9.17, 15) is 9.28 Å². The van der Waals surface area contributed by atoms with Gasteiger partial charge in [-0.25, -0.2) is 0 Å². The molecule has 1 aromatic rings. The van der Waals surface area contributed by atoms with Crippen LogP contribution in [0.5, 0.6) is 0 Å². The van der Waals surface area contributed by atoms with Crippen LogP contribution < -0.4 is 16.2 Å². The number of rotatable bonds is 4. The van der Waals surface area contributed by atoms with Crippen LogP contribution in [0.3, 0.4) is 0 Å². The first-order valence-electron chi connectivity index (χ1n) is 5.82. The monoisotopic (exact) mass is 365 g/mol. The topological polar surface area (TPSA) is 89.3 Å². The number of hydrogen-bond acceptors (Lipinski definition) is 3. The number of halogens is 4. The lowest BCUT2D eigenvalue weighted by atomic mass is 10.2. The van der Waals surface area contributed by atoms with Crippen molar-refractivity contribution in [2.75, 3.05) is 0 Å². The number of nitriles is 1. The second-order valence-corrected chi connectivity index (χ2v) is 6.37. The van der Waals surface area contributed by atoms with Gasteiger partial charge in [0.1, 0.15) is 6.17 Å². The highest BCUT2D eigenvalue weighted by molar-refractivity contribution is 6.48. The third-order valence-electron chi connectivity index (χ3n) is 2.40. The van der Waals surface area contributed by atoms with Crippen molar-refractivity contribution < 1.29 is 9.28 Å². The number of hydrogen-bond donors (Lipinski definition) is 3. The molecule has 0 radical (unpaired) electrons. The van der Waals surface area contributed by atoms with Crippen LogP contribution in [0.4, 0.5) is 4.48 Å². The summed E-state index contributed by atoms with van der Waals surface area (Å²) in [5.74, 6) is -1.10. The summed E-state index contributed by atoms with van der Waals surface area (Å²) in [7, 11) is 0. The van der Waals surface area contributed by atoms with Gasteiger partial charge >= 0.3 is 0 Å². The molecule has 0 bridgehead atoms. The Kier molecular flexibility index (Phi) is 6.68. The Morgan fingerprint density at radius 2 is 2.14 bits per heavy atom. The quantitative estimate of drug-likeness (QED) is 0.191. The molecule has 0 heterocycles. The first-order valence-corrected chi connectivity index (χ1v) is 6.95. The maximum Gasteiger partial charge on any atom is 0.253 e. The second kappa shape index (κ2) is 8.03. The molecule has 0 aromatic heterocycles. The number of nitrogens with zero attached hydrogens (tertiary/aromatic N) is 2. The van der Waals surface area contributed by atoms with Crippen molar-refractivity contribution in [3.8, 4) is 6.19 Å². The van der Waals surface area contributed by atoms with E-state index < -0.39 is 22.4 Å². The average Bonchev–Trinajstić information content (AvgIpc) is 2.44. The molecule has 10 heteroatoms. The third-order valence-corrected chi connectivity index (χ3v) is 3.07. The number of guanidine groups is 1. The molecule has 1 unspecified atom stereocenters. The lowest BCUT2D eigenvalue weighted by molar-refractivity contribution is 0.0930. The van der Waals surface area contributed by atoms with E-state index in [0.29, 0.717) is 5.02 Å². The predicted molar refractivity (Wildman–Crippen MR) is 83.2 cm³/mol. The van der Waals surface area contributed by atoms with Crippen molar-refractivity contribution in [3.63, 3.8) is 0 Å². The van der Waals surface area contributed by atoms with E-state index in [-0.39, 0.29) is 5.56 Å². The molecule has 0 spiro atoms. The molecule has 0 aliphatic rings. The van der Waals surface area contributed by atoms with Gasteiger partial charge in [-0.05, 0) is 25.1 Å². The minimum absolute atomic E-state index is 0.254. The van der Waals surface area contributed by atoms with E-state index in [2.05, 4.69) is 15.6 Å². The van der Waals surface area contributed by atoms with Crippen LogP contribution in [0.1, 0.15) is 17.3 Å². The van der Waals surface area contributed by atoms with Crippen LogP contribution in [0, 0.1) is 11.5 Å². The molecular formula is C12H11Cl3FN5O. The van der Waals surface area contributed by atoms with Crippen LogP contribution in [0.25, 0.3) is 0 Å². The molecule has 0 fully saturated rings. The maximum atomic E-state index is 12.5. The number of alkyl halides is 2. The number of carbonyl (C=O) groups excluding carboxylic acids is 1. The zero-order valence-corrected chi connectivity index (χ0v) is 13.5. The van der Waals surface area contributed by atoms with Crippen LogP contribution in [-0.2, 0) is 0 Å². The summed E-state index contributed by atoms with van der Waals surface area (Å²) in [6, 6.07) is 6.15. The molecule has 1 aromatic carbocycles. The van der Waals surface area contributed by atoms with E-state index in [0.717, 1.165) is 5.54 Å². The van der Waals surface area contributed by atoms with E-state index in [4.69, 9.17) is 40.1 Å². The summed E-state index contributed by atoms with van der Waals surface area (Å²) in [6.45, 7) is 1.37. The SMILES string of the molecule is CC(Cl)(Cl)C(NC(=O)c1cccc(Cl)c1)NC(=NC#N)NF. The number of benzene rings is 1. The number of nitrogens with one attached hydrogen (secondary N) is 3. The summed E-state index contributed by atoms with van der Waals surface area (Å²) >= 11 is 17.7. The third kappa shape index (κ3) is 5.56. The lowest BCUT2D eigenvalue weighted by Gasteiger charge is -2.28. The Labute approximate surface area is 141 Å². The molecule has 0 saturated carbocycles. The van der Waals surface area contributed by atoms with Crippen molar-refractivity contribution in [3.05, 3.63) is 34.9 Å². The summed E-state index contributed by atoms with van der Waals surface area (Å²) in [5, 5.41) is 13.6. The standard InChI is InChI=1S/C12H11Cl3FN5O/c1-12(14,15)10(20-11(21-16)18-6-17)19-9(22)7-3-2-4-8(13)5-7/h2-5,10H,1H3,(H,19,22)(H2,18,20,21). The smallest absolute Gasteiger partial charge is 0.253 e. The molecule has 118 valence electrons. The van der Waals surface area contributed by atoms with Crippen molar-refractivity contribution in [2.24, 2.45) is 4.99 Å². The van der Waals surface area contributed by atoms with Crippen molar-refractivity contribution >= 4 is 46.7 Å². The molecule has 0 saturated heterocycles. The van der Waals surface area contributed by atoms with Gasteiger partial charge in [-0.3, -0.25) is 4.79 Å². The van der Waals surface area contributed by atoms with E-state index in [1.165, 1.54) is 25.2 Å². The van der Waals surface area contributed by atoms with Crippen molar-refractivity contribution in [1.29, 1.82) is 5.26 Å². The van der Waals surface area contributed by atoms with Crippen LogP contribution in [0.15, 0.2) is 29.3 Å². The van der Waals surface area contributed by atoms with E-state index in [1.54, 1.807) is 12.1 Å². The highest BCUT2D eigenvalue weighted by atomic mass is 35.5. The second-order valence-electron chi connectivity index (χ2n) is 4.17. The highest BCUT2D eigenvalue weighted by Gasteiger charge is 2.32. The normalized spacial score (nSPS) is 13.0. The fourth-order valence-electron chi connectivity index (χ4n) is 1.40. The predicted octanol–water partition coefficient (Wildman–Crippen LogP) is 2.49. The minimum Gasteiger partial charge on any atom is -0.331 e. The van der Waals surface area contributed by atoms with Gasteiger partial charge in [0.15, 0.2) is 4.33 Å². The molecule has 6 nitrogen and oxygen atoms in total. The Bertz CT molecular complexity index is 612. The maximum absolute atomic E-state index is 12.5. The Morgan fingerprint density at radius 1 is 1.45 bits per heavy atom. The highest BCUT2D eigenvalue weighted by Crippen LogP contribution is 2.23. The van der Waals surface area contributed by atoms with Gasteiger partial charge in [0.25, 0.3) is 5.91 Å². The average molecular weight is 367 g/mol. The van der Waals surface area contributed by atoms with Gasteiger partial charge in [0.05, 0.1) is 0 Å². The summed E-state index contributed by atoms with van der Waals surface area (Å²) in [4.78, 5) is 15.3.